The molecule has 3 amide bonds. The molecule has 1 fully saturated rings. The van der Waals surface area contributed by atoms with Gasteiger partial charge in [-0.2, -0.15) is 0 Å². The van der Waals surface area contributed by atoms with Crippen molar-refractivity contribution in [3.63, 3.8) is 0 Å². The SMILES string of the molecule is CC(C)(C(N)=O)c1cccc(C2CCN(CCCN(C(=O)Cc3ccccc3)C(=O)Cc3ccccc3)CC2)c1. The van der Waals surface area contributed by atoms with Crippen molar-refractivity contribution in [1.29, 1.82) is 0 Å². The fourth-order valence-electron chi connectivity index (χ4n) is 5.39. The summed E-state index contributed by atoms with van der Waals surface area (Å²) in [7, 11) is 0. The molecule has 0 aliphatic carbocycles. The van der Waals surface area contributed by atoms with Crippen LogP contribution in [0.25, 0.3) is 0 Å². The molecule has 0 saturated carbocycles. The van der Waals surface area contributed by atoms with Crippen LogP contribution in [0.15, 0.2) is 84.9 Å². The lowest BCUT2D eigenvalue weighted by Crippen LogP contribution is -2.41. The van der Waals surface area contributed by atoms with Crippen LogP contribution in [0, 0.1) is 0 Å². The van der Waals surface area contributed by atoms with Gasteiger partial charge in [0, 0.05) is 6.54 Å². The number of nitrogens with two attached hydrogens (primary N) is 1. The zero-order chi connectivity index (χ0) is 28.5. The lowest BCUT2D eigenvalue weighted by atomic mass is 9.80. The summed E-state index contributed by atoms with van der Waals surface area (Å²) >= 11 is 0. The Morgan fingerprint density at radius 2 is 1.38 bits per heavy atom. The number of carbonyl (C=O) groups excluding carboxylic acids is 3. The Bertz CT molecular complexity index is 1230. The summed E-state index contributed by atoms with van der Waals surface area (Å²) in [6, 6.07) is 27.5. The van der Waals surface area contributed by atoms with Gasteiger partial charge in [-0.15, -0.1) is 0 Å². The first-order valence-electron chi connectivity index (χ1n) is 14.3. The smallest absolute Gasteiger partial charge is 0.233 e. The third-order valence-electron chi connectivity index (χ3n) is 8.14. The van der Waals surface area contributed by atoms with Crippen LogP contribution >= 0.6 is 0 Å². The maximum atomic E-state index is 13.2. The zero-order valence-electron chi connectivity index (χ0n) is 23.7. The van der Waals surface area contributed by atoms with Gasteiger partial charge in [-0.1, -0.05) is 84.9 Å². The van der Waals surface area contributed by atoms with E-state index in [4.69, 9.17) is 5.73 Å². The molecule has 0 aromatic heterocycles. The van der Waals surface area contributed by atoms with Gasteiger partial charge in [0.1, 0.15) is 0 Å². The monoisotopic (exact) mass is 539 g/mol. The van der Waals surface area contributed by atoms with Crippen molar-refractivity contribution in [3.8, 4) is 0 Å². The van der Waals surface area contributed by atoms with Gasteiger partial charge < -0.3 is 10.6 Å². The fraction of sp³-hybridized carbons (Fsp3) is 0.382. The molecule has 3 aromatic rings. The third kappa shape index (κ3) is 7.66. The number of amides is 3. The van der Waals surface area contributed by atoms with Crippen LogP contribution in [0.4, 0.5) is 0 Å². The van der Waals surface area contributed by atoms with Crippen LogP contribution in [-0.2, 0) is 32.6 Å². The van der Waals surface area contributed by atoms with E-state index in [1.54, 1.807) is 0 Å². The lowest BCUT2D eigenvalue weighted by molar-refractivity contribution is -0.144. The molecule has 0 atom stereocenters. The van der Waals surface area contributed by atoms with E-state index in [1.165, 1.54) is 10.5 Å². The Morgan fingerprint density at radius 1 is 0.825 bits per heavy atom. The van der Waals surface area contributed by atoms with E-state index in [1.807, 2.05) is 86.6 Å². The van der Waals surface area contributed by atoms with Gasteiger partial charge >= 0.3 is 0 Å². The normalized spacial score (nSPS) is 14.6. The number of hydrogen-bond acceptors (Lipinski definition) is 4. The third-order valence-corrected chi connectivity index (χ3v) is 8.14. The summed E-state index contributed by atoms with van der Waals surface area (Å²) in [6.45, 7) is 6.93. The molecule has 2 N–H and O–H groups in total. The maximum absolute atomic E-state index is 13.2. The number of piperidine rings is 1. The predicted molar refractivity (Wildman–Crippen MR) is 159 cm³/mol. The minimum Gasteiger partial charge on any atom is -0.369 e. The zero-order valence-corrected chi connectivity index (χ0v) is 23.7. The Hall–Kier alpha value is -3.77. The van der Waals surface area contributed by atoms with E-state index in [2.05, 4.69) is 17.0 Å². The Kier molecular flexibility index (Phi) is 9.88. The molecule has 210 valence electrons. The Balaban J connectivity index is 1.32. The molecule has 1 aliphatic rings. The van der Waals surface area contributed by atoms with E-state index >= 15 is 0 Å². The summed E-state index contributed by atoms with van der Waals surface area (Å²) in [5.74, 6) is -0.177. The molecule has 6 heteroatoms. The largest absolute Gasteiger partial charge is 0.369 e. The molecule has 40 heavy (non-hydrogen) atoms. The van der Waals surface area contributed by atoms with E-state index in [0.29, 0.717) is 12.5 Å². The molecule has 1 heterocycles. The van der Waals surface area contributed by atoms with Crippen LogP contribution in [0.2, 0.25) is 0 Å². The van der Waals surface area contributed by atoms with Crippen LogP contribution in [-0.4, -0.2) is 53.7 Å². The van der Waals surface area contributed by atoms with E-state index in [0.717, 1.165) is 55.6 Å². The van der Waals surface area contributed by atoms with E-state index in [-0.39, 0.29) is 30.6 Å². The van der Waals surface area contributed by atoms with Crippen molar-refractivity contribution < 1.29 is 14.4 Å². The molecule has 0 unspecified atom stereocenters. The topological polar surface area (TPSA) is 83.7 Å². The summed E-state index contributed by atoms with van der Waals surface area (Å²) in [5.41, 5.74) is 8.99. The van der Waals surface area contributed by atoms with Gasteiger partial charge in [0.05, 0.1) is 18.3 Å². The average Bonchev–Trinajstić information content (AvgIpc) is 2.96. The maximum Gasteiger partial charge on any atom is 0.233 e. The molecule has 4 rings (SSSR count). The summed E-state index contributed by atoms with van der Waals surface area (Å²) in [5, 5.41) is 0. The number of imide groups is 1. The van der Waals surface area contributed by atoms with Crippen molar-refractivity contribution >= 4 is 17.7 Å². The average molecular weight is 540 g/mol. The number of hydrogen-bond donors (Lipinski definition) is 1. The van der Waals surface area contributed by atoms with Gasteiger partial charge in [0.25, 0.3) is 0 Å². The second-order valence-electron chi connectivity index (χ2n) is 11.3. The van der Waals surface area contributed by atoms with Gasteiger partial charge in [-0.05, 0) is 80.9 Å². The van der Waals surface area contributed by atoms with E-state index < -0.39 is 5.41 Å². The number of nitrogens with zero attached hydrogens (tertiary/aromatic N) is 2. The summed E-state index contributed by atoms with van der Waals surface area (Å²) < 4.78 is 0. The number of rotatable bonds is 11. The number of carbonyl (C=O) groups is 3. The minimum absolute atomic E-state index is 0.149. The standard InChI is InChI=1S/C34H41N3O3/c1-34(2,33(35)40)30-16-9-15-29(25-30)28-17-21-36(22-18-28)19-10-20-37(31(38)23-26-11-5-3-6-12-26)32(39)24-27-13-7-4-8-14-27/h3-9,11-16,25,28H,10,17-24H2,1-2H3,(H2,35,40). The molecule has 6 nitrogen and oxygen atoms in total. The second kappa shape index (κ2) is 13.5. The first kappa shape index (κ1) is 29.2. The van der Waals surface area contributed by atoms with Crippen molar-refractivity contribution in [2.45, 2.75) is 57.3 Å². The lowest BCUT2D eigenvalue weighted by Gasteiger charge is -2.33. The molecular weight excluding hydrogens is 498 g/mol. The first-order chi connectivity index (χ1) is 19.2. The highest BCUT2D eigenvalue weighted by Gasteiger charge is 2.29. The molecular formula is C34H41N3O3. The predicted octanol–water partition coefficient (Wildman–Crippen LogP) is 4.86. The minimum atomic E-state index is -0.696. The number of primary amides is 1. The van der Waals surface area contributed by atoms with Crippen LogP contribution in [0.1, 0.15) is 61.3 Å². The van der Waals surface area contributed by atoms with Gasteiger partial charge in [0.15, 0.2) is 0 Å². The van der Waals surface area contributed by atoms with Crippen molar-refractivity contribution in [2.75, 3.05) is 26.2 Å². The highest BCUT2D eigenvalue weighted by Crippen LogP contribution is 2.31. The van der Waals surface area contributed by atoms with Crippen LogP contribution < -0.4 is 5.73 Å². The molecule has 1 aliphatic heterocycles. The van der Waals surface area contributed by atoms with Gasteiger partial charge in [0.2, 0.25) is 17.7 Å². The van der Waals surface area contributed by atoms with E-state index in [9.17, 15) is 14.4 Å². The van der Waals surface area contributed by atoms with Crippen molar-refractivity contribution in [2.24, 2.45) is 5.73 Å². The molecule has 0 radical (unpaired) electrons. The van der Waals surface area contributed by atoms with Crippen molar-refractivity contribution in [3.05, 3.63) is 107 Å². The molecule has 0 spiro atoms. The van der Waals surface area contributed by atoms with Crippen molar-refractivity contribution in [1.82, 2.24) is 9.80 Å². The molecule has 3 aromatic carbocycles. The fourth-order valence-corrected chi connectivity index (χ4v) is 5.39. The highest BCUT2D eigenvalue weighted by molar-refractivity contribution is 5.97. The summed E-state index contributed by atoms with van der Waals surface area (Å²) in [6.07, 6.45) is 3.25. The van der Waals surface area contributed by atoms with Crippen LogP contribution in [0.3, 0.4) is 0 Å². The second-order valence-corrected chi connectivity index (χ2v) is 11.3. The molecule has 0 bridgehead atoms. The Morgan fingerprint density at radius 3 is 1.90 bits per heavy atom. The van der Waals surface area contributed by atoms with Gasteiger partial charge in [-0.3, -0.25) is 19.3 Å². The number of benzene rings is 3. The first-order valence-corrected chi connectivity index (χ1v) is 14.3. The van der Waals surface area contributed by atoms with Crippen LogP contribution in [0.5, 0.6) is 0 Å². The van der Waals surface area contributed by atoms with Gasteiger partial charge in [-0.25, -0.2) is 0 Å². The number of likely N-dealkylation sites (tertiary alicyclic amines) is 1. The highest BCUT2D eigenvalue weighted by atomic mass is 16.2. The Labute approximate surface area is 238 Å². The quantitative estimate of drug-likeness (QED) is 0.377. The molecule has 1 saturated heterocycles. The summed E-state index contributed by atoms with van der Waals surface area (Å²) in [4.78, 5) is 42.3.